The zero-order valence-corrected chi connectivity index (χ0v) is 19.8. The SMILES string of the molecule is C=C1Cc2ccc(c(C)c2)-c2ccc(nc2)/C=C\C=C(/N)c2ccc(nc2)N1.CC.CC. The molecule has 0 spiro atoms. The van der Waals surface area contributed by atoms with E-state index >= 15 is 0 Å². The number of allylic oxidation sites excluding steroid dienone is 3. The van der Waals surface area contributed by atoms with Crippen molar-refractivity contribution in [3.63, 3.8) is 0 Å². The van der Waals surface area contributed by atoms with Crippen LogP contribution in [-0.4, -0.2) is 9.97 Å². The van der Waals surface area contributed by atoms with Crippen molar-refractivity contribution in [1.82, 2.24) is 9.97 Å². The molecule has 7 heterocycles. The summed E-state index contributed by atoms with van der Waals surface area (Å²) in [6.07, 6.45) is 10.1. The second kappa shape index (κ2) is 12.3. The number of aryl methyl sites for hydroxylation is 1. The molecule has 2 aromatic heterocycles. The third-order valence-corrected chi connectivity index (χ3v) is 4.75. The fraction of sp³-hybridized carbons (Fsp3) is 0.214. The Bertz CT molecular complexity index is 1080. The maximum absolute atomic E-state index is 6.16. The van der Waals surface area contributed by atoms with Crippen LogP contribution in [0.15, 0.2) is 79.3 Å². The van der Waals surface area contributed by atoms with Gasteiger partial charge in [0.05, 0.1) is 5.69 Å². The van der Waals surface area contributed by atoms with Crippen molar-refractivity contribution in [2.45, 2.75) is 41.0 Å². The predicted octanol–water partition coefficient (Wildman–Crippen LogP) is 7.00. The van der Waals surface area contributed by atoms with Gasteiger partial charge in [0, 0.05) is 41.3 Å². The first-order valence-electron chi connectivity index (χ1n) is 11.2. The maximum Gasteiger partial charge on any atom is 0.130 e. The molecule has 4 nitrogen and oxygen atoms in total. The monoisotopic (exact) mass is 426 g/mol. The van der Waals surface area contributed by atoms with E-state index in [0.29, 0.717) is 5.70 Å². The van der Waals surface area contributed by atoms with Gasteiger partial charge in [-0.1, -0.05) is 64.6 Å². The summed E-state index contributed by atoms with van der Waals surface area (Å²) in [6.45, 7) is 14.3. The predicted molar refractivity (Wildman–Crippen MR) is 139 cm³/mol. The summed E-state index contributed by atoms with van der Waals surface area (Å²) < 4.78 is 0. The number of hydrogen-bond donors (Lipinski definition) is 2. The lowest BCUT2D eigenvalue weighted by molar-refractivity contribution is 1.13. The van der Waals surface area contributed by atoms with Gasteiger partial charge in [-0.2, -0.15) is 0 Å². The molecule has 5 aliphatic heterocycles. The van der Waals surface area contributed by atoms with E-state index < -0.39 is 0 Å². The highest BCUT2D eigenvalue weighted by Gasteiger charge is 2.06. The van der Waals surface area contributed by atoms with Crippen molar-refractivity contribution in [3.05, 3.63) is 102 Å². The molecule has 0 saturated carbocycles. The number of hydrogen-bond acceptors (Lipinski definition) is 4. The summed E-state index contributed by atoms with van der Waals surface area (Å²) in [4.78, 5) is 9.00. The lowest BCUT2D eigenvalue weighted by atomic mass is 9.98. The van der Waals surface area contributed by atoms with E-state index in [4.69, 9.17) is 5.73 Å². The Morgan fingerprint density at radius 2 is 1.62 bits per heavy atom. The summed E-state index contributed by atoms with van der Waals surface area (Å²) in [5, 5.41) is 3.27. The molecule has 0 radical (unpaired) electrons. The van der Waals surface area contributed by atoms with Crippen molar-refractivity contribution in [1.29, 1.82) is 0 Å². The van der Waals surface area contributed by atoms with Gasteiger partial charge in [-0.3, -0.25) is 4.98 Å². The van der Waals surface area contributed by atoms with Crippen molar-refractivity contribution in [2.24, 2.45) is 5.73 Å². The van der Waals surface area contributed by atoms with Crippen molar-refractivity contribution < 1.29 is 0 Å². The van der Waals surface area contributed by atoms with E-state index in [9.17, 15) is 0 Å². The number of anilines is 1. The minimum atomic E-state index is 0.650. The van der Waals surface area contributed by atoms with Gasteiger partial charge in [0.25, 0.3) is 0 Å². The Hall–Kier alpha value is -3.66. The Kier molecular flexibility index (Phi) is 9.43. The van der Waals surface area contributed by atoms with E-state index in [-0.39, 0.29) is 0 Å². The van der Waals surface area contributed by atoms with E-state index in [1.54, 1.807) is 6.20 Å². The van der Waals surface area contributed by atoms with E-state index in [1.165, 1.54) is 16.7 Å². The van der Waals surface area contributed by atoms with Gasteiger partial charge in [-0.05, 0) is 54.0 Å². The van der Waals surface area contributed by atoms with Crippen LogP contribution in [0.4, 0.5) is 5.82 Å². The highest BCUT2D eigenvalue weighted by atomic mass is 15.0. The van der Waals surface area contributed by atoms with Gasteiger partial charge >= 0.3 is 0 Å². The van der Waals surface area contributed by atoms with Gasteiger partial charge in [0.15, 0.2) is 0 Å². The van der Waals surface area contributed by atoms with Crippen LogP contribution in [-0.2, 0) is 6.42 Å². The highest BCUT2D eigenvalue weighted by Crippen LogP contribution is 2.25. The topological polar surface area (TPSA) is 63.8 Å². The maximum atomic E-state index is 6.16. The Balaban J connectivity index is 0.000000860. The third-order valence-electron chi connectivity index (χ3n) is 4.75. The number of nitrogens with zero attached hydrogens (tertiary/aromatic N) is 2. The lowest BCUT2D eigenvalue weighted by Gasteiger charge is -2.12. The van der Waals surface area contributed by atoms with Crippen LogP contribution in [0.25, 0.3) is 22.9 Å². The first-order valence-corrected chi connectivity index (χ1v) is 11.2. The summed E-state index contributed by atoms with van der Waals surface area (Å²) in [6, 6.07) is 14.5. The zero-order valence-electron chi connectivity index (χ0n) is 19.8. The van der Waals surface area contributed by atoms with Gasteiger partial charge in [-0.25, -0.2) is 4.98 Å². The molecule has 0 atom stereocenters. The first kappa shape index (κ1) is 24.6. The van der Waals surface area contributed by atoms with E-state index in [2.05, 4.69) is 53.1 Å². The molecule has 4 heteroatoms. The van der Waals surface area contributed by atoms with Crippen LogP contribution in [0.1, 0.15) is 50.1 Å². The average Bonchev–Trinajstić information content (AvgIpc) is 2.82. The molecule has 6 bridgehead atoms. The van der Waals surface area contributed by atoms with Crippen LogP contribution < -0.4 is 11.1 Å². The van der Waals surface area contributed by atoms with Gasteiger partial charge in [-0.15, -0.1) is 0 Å². The summed E-state index contributed by atoms with van der Waals surface area (Å²) in [5.41, 5.74) is 14.2. The molecule has 3 aromatic rings. The van der Waals surface area contributed by atoms with Crippen LogP contribution in [0, 0.1) is 6.92 Å². The largest absolute Gasteiger partial charge is 0.398 e. The van der Waals surface area contributed by atoms with Crippen molar-refractivity contribution >= 4 is 17.6 Å². The van der Waals surface area contributed by atoms with Crippen molar-refractivity contribution in [3.8, 4) is 11.1 Å². The Labute approximate surface area is 192 Å². The molecule has 5 aliphatic rings. The number of pyridine rings is 2. The smallest absolute Gasteiger partial charge is 0.130 e. The fourth-order valence-corrected chi connectivity index (χ4v) is 3.28. The molecule has 1 aromatic carbocycles. The Morgan fingerprint density at radius 1 is 0.906 bits per heavy atom. The molecule has 166 valence electrons. The molecule has 0 unspecified atom stereocenters. The number of rotatable bonds is 0. The quantitative estimate of drug-likeness (QED) is 0.406. The number of aromatic nitrogens is 2. The standard InChI is InChI=1S/C24H22N4.2C2H6/c1-16-12-18-6-10-22(16)19-7-9-21(26-14-19)4-3-5-23(25)20-8-11-24(27-15-20)28-17(2)13-18;2*1-2/h3-12,14-15H,2,13,25H2,1H3,(H,27,28);2*1-2H3/b4-3-,23-5-;;. The molecule has 32 heavy (non-hydrogen) atoms. The summed E-state index contributed by atoms with van der Waals surface area (Å²) in [5.74, 6) is 0.755. The molecule has 0 amide bonds. The normalized spacial score (nSPS) is 14.9. The summed E-state index contributed by atoms with van der Waals surface area (Å²) >= 11 is 0. The minimum absolute atomic E-state index is 0.650. The lowest BCUT2D eigenvalue weighted by Crippen LogP contribution is -2.04. The number of nitrogens with one attached hydrogen (secondary N) is 1. The van der Waals surface area contributed by atoms with Gasteiger partial charge < -0.3 is 11.1 Å². The average molecular weight is 427 g/mol. The van der Waals surface area contributed by atoms with Crippen LogP contribution in [0.5, 0.6) is 0 Å². The minimum Gasteiger partial charge on any atom is -0.398 e. The second-order valence-electron chi connectivity index (χ2n) is 6.94. The van der Waals surface area contributed by atoms with Crippen LogP contribution >= 0.6 is 0 Å². The highest BCUT2D eigenvalue weighted by molar-refractivity contribution is 5.69. The van der Waals surface area contributed by atoms with E-state index in [1.807, 2.05) is 70.3 Å². The molecule has 3 N–H and O–H groups in total. The summed E-state index contributed by atoms with van der Waals surface area (Å²) in [7, 11) is 0. The molecule has 8 rings (SSSR count). The molecule has 0 fully saturated rings. The molecule has 0 saturated heterocycles. The fourth-order valence-electron chi connectivity index (χ4n) is 3.28. The molecular weight excluding hydrogens is 392 g/mol. The third kappa shape index (κ3) is 6.42. The molecular formula is C28H34N4. The number of nitrogens with two attached hydrogens (primary N) is 1. The zero-order chi connectivity index (χ0) is 23.5. The first-order chi connectivity index (χ1) is 15.6. The van der Waals surface area contributed by atoms with Crippen molar-refractivity contribution in [2.75, 3.05) is 5.32 Å². The van der Waals surface area contributed by atoms with Gasteiger partial charge in [0.1, 0.15) is 5.82 Å². The number of benzene rings is 1. The number of fused-ring (bicyclic) bond motifs is 1. The second-order valence-corrected chi connectivity index (χ2v) is 6.94. The van der Waals surface area contributed by atoms with Gasteiger partial charge in [0.2, 0.25) is 0 Å². The van der Waals surface area contributed by atoms with E-state index in [0.717, 1.165) is 34.8 Å². The van der Waals surface area contributed by atoms with Crippen LogP contribution in [0.2, 0.25) is 0 Å². The Morgan fingerprint density at radius 3 is 2.25 bits per heavy atom. The van der Waals surface area contributed by atoms with Crippen LogP contribution in [0.3, 0.4) is 0 Å². The molecule has 0 aliphatic carbocycles.